The van der Waals surface area contributed by atoms with E-state index in [4.69, 9.17) is 9.26 Å². The molecule has 0 amide bonds. The molecule has 1 saturated heterocycles. The van der Waals surface area contributed by atoms with Crippen molar-refractivity contribution in [2.75, 3.05) is 18.8 Å². The fraction of sp³-hybridized carbons (Fsp3) is 0.467. The molecule has 3 atom stereocenters. The Morgan fingerprint density at radius 3 is 3.05 bits per heavy atom. The Labute approximate surface area is 127 Å². The highest BCUT2D eigenvalue weighted by molar-refractivity contribution is 7.99. The number of fused-ring (bicyclic) bond motifs is 1. The van der Waals surface area contributed by atoms with E-state index < -0.39 is 0 Å². The molecule has 2 aromatic rings. The van der Waals surface area contributed by atoms with Gasteiger partial charge in [-0.1, -0.05) is 24.2 Å². The molecule has 3 unspecified atom stereocenters. The number of hydrogen-bond acceptors (Lipinski definition) is 6. The minimum absolute atomic E-state index is 0.132. The Balaban J connectivity index is 1.54. The van der Waals surface area contributed by atoms with Crippen LogP contribution >= 0.6 is 11.8 Å². The van der Waals surface area contributed by atoms with Gasteiger partial charge < -0.3 is 14.6 Å². The summed E-state index contributed by atoms with van der Waals surface area (Å²) in [6.07, 6.45) is -0.132. The van der Waals surface area contributed by atoms with Gasteiger partial charge in [-0.05, 0) is 24.6 Å². The standard InChI is InChI=1S/C15H17N3O2S/c1-9-6-16-7-10(9)15-17-14(18-20-15)12-8-21-13-5-3-2-4-11(13)19-12/h2-5,9-10,12,16H,6-8H2,1H3. The minimum atomic E-state index is -0.132. The second kappa shape index (κ2) is 5.35. The quantitative estimate of drug-likeness (QED) is 0.920. The molecule has 1 aromatic carbocycles. The van der Waals surface area contributed by atoms with Crippen LogP contribution in [0.1, 0.15) is 30.7 Å². The first-order chi connectivity index (χ1) is 10.3. The molecule has 1 N–H and O–H groups in total. The molecule has 4 rings (SSSR count). The molecule has 110 valence electrons. The smallest absolute Gasteiger partial charge is 0.231 e. The van der Waals surface area contributed by atoms with E-state index in [1.165, 1.54) is 4.90 Å². The molecule has 21 heavy (non-hydrogen) atoms. The third kappa shape index (κ3) is 2.42. The van der Waals surface area contributed by atoms with Crippen LogP contribution in [0.3, 0.4) is 0 Å². The summed E-state index contributed by atoms with van der Waals surface area (Å²) in [5, 5.41) is 7.50. The molecule has 5 nitrogen and oxygen atoms in total. The van der Waals surface area contributed by atoms with Crippen molar-refractivity contribution in [2.24, 2.45) is 5.92 Å². The predicted octanol–water partition coefficient (Wildman–Crippen LogP) is 2.62. The van der Waals surface area contributed by atoms with Gasteiger partial charge in [0.05, 0.1) is 5.92 Å². The zero-order chi connectivity index (χ0) is 14.2. The van der Waals surface area contributed by atoms with E-state index >= 15 is 0 Å². The van der Waals surface area contributed by atoms with E-state index in [1.807, 2.05) is 18.2 Å². The van der Waals surface area contributed by atoms with Crippen LogP contribution in [0.4, 0.5) is 0 Å². The average Bonchev–Trinajstić information content (AvgIpc) is 3.15. The number of ether oxygens (including phenoxy) is 1. The SMILES string of the molecule is CC1CNCC1c1nc(C2CSc3ccccc3O2)no1. The molecule has 2 aliphatic heterocycles. The number of nitrogens with zero attached hydrogens (tertiary/aromatic N) is 2. The highest BCUT2D eigenvalue weighted by atomic mass is 32.2. The van der Waals surface area contributed by atoms with Crippen LogP contribution in [-0.2, 0) is 0 Å². The molecule has 2 aliphatic rings. The third-order valence-electron chi connectivity index (χ3n) is 4.09. The van der Waals surface area contributed by atoms with Crippen LogP contribution in [0, 0.1) is 5.92 Å². The van der Waals surface area contributed by atoms with Crippen LogP contribution in [0.2, 0.25) is 0 Å². The first-order valence-corrected chi connectivity index (χ1v) is 8.22. The van der Waals surface area contributed by atoms with E-state index in [0.29, 0.717) is 17.7 Å². The van der Waals surface area contributed by atoms with Gasteiger partial charge in [0.1, 0.15) is 5.75 Å². The van der Waals surface area contributed by atoms with Crippen molar-refractivity contribution in [2.45, 2.75) is 23.8 Å². The lowest BCUT2D eigenvalue weighted by Crippen LogP contribution is -2.16. The van der Waals surface area contributed by atoms with Gasteiger partial charge in [0, 0.05) is 17.2 Å². The second-order valence-electron chi connectivity index (χ2n) is 5.60. The van der Waals surface area contributed by atoms with Crippen LogP contribution in [-0.4, -0.2) is 29.0 Å². The van der Waals surface area contributed by atoms with Gasteiger partial charge in [-0.2, -0.15) is 4.98 Å². The third-order valence-corrected chi connectivity index (χ3v) is 5.21. The van der Waals surface area contributed by atoms with Crippen molar-refractivity contribution >= 4 is 11.8 Å². The van der Waals surface area contributed by atoms with Crippen LogP contribution in [0.15, 0.2) is 33.7 Å². The number of thioether (sulfide) groups is 1. The lowest BCUT2D eigenvalue weighted by molar-refractivity contribution is 0.205. The van der Waals surface area contributed by atoms with Crippen molar-refractivity contribution in [3.05, 3.63) is 36.0 Å². The first-order valence-electron chi connectivity index (χ1n) is 7.24. The van der Waals surface area contributed by atoms with Gasteiger partial charge in [0.15, 0.2) is 6.10 Å². The van der Waals surface area contributed by atoms with Gasteiger partial charge in [0.25, 0.3) is 0 Å². The summed E-state index contributed by atoms with van der Waals surface area (Å²) in [5.74, 6) is 3.95. The molecule has 0 bridgehead atoms. The highest BCUT2D eigenvalue weighted by Crippen LogP contribution is 2.39. The monoisotopic (exact) mass is 303 g/mol. The Morgan fingerprint density at radius 2 is 2.19 bits per heavy atom. The fourth-order valence-corrected chi connectivity index (χ4v) is 3.80. The summed E-state index contributed by atoms with van der Waals surface area (Å²) < 4.78 is 11.5. The number of hydrogen-bond donors (Lipinski definition) is 1. The minimum Gasteiger partial charge on any atom is -0.480 e. The van der Waals surface area contributed by atoms with Crippen molar-refractivity contribution in [3.8, 4) is 5.75 Å². The van der Waals surface area contributed by atoms with Gasteiger partial charge >= 0.3 is 0 Å². The van der Waals surface area contributed by atoms with Gasteiger partial charge in [-0.15, -0.1) is 11.8 Å². The largest absolute Gasteiger partial charge is 0.480 e. The van der Waals surface area contributed by atoms with Gasteiger partial charge in [-0.3, -0.25) is 0 Å². The fourth-order valence-electron chi connectivity index (χ4n) is 2.82. The maximum absolute atomic E-state index is 6.00. The van der Waals surface area contributed by atoms with E-state index in [9.17, 15) is 0 Å². The van der Waals surface area contributed by atoms with Crippen LogP contribution in [0.25, 0.3) is 0 Å². The topological polar surface area (TPSA) is 60.2 Å². The number of benzene rings is 1. The zero-order valence-electron chi connectivity index (χ0n) is 11.8. The van der Waals surface area contributed by atoms with Crippen LogP contribution in [0.5, 0.6) is 5.75 Å². The molecular formula is C15H17N3O2S. The molecular weight excluding hydrogens is 286 g/mol. The molecule has 1 fully saturated rings. The molecule has 1 aromatic heterocycles. The van der Waals surface area contributed by atoms with E-state index in [0.717, 1.165) is 30.5 Å². The molecule has 0 spiro atoms. The zero-order valence-corrected chi connectivity index (χ0v) is 12.6. The number of aromatic nitrogens is 2. The second-order valence-corrected chi connectivity index (χ2v) is 6.66. The Morgan fingerprint density at radius 1 is 1.29 bits per heavy atom. The normalized spacial score (nSPS) is 28.1. The summed E-state index contributed by atoms with van der Waals surface area (Å²) in [6.45, 7) is 4.12. The van der Waals surface area contributed by atoms with Gasteiger partial charge in [0.2, 0.25) is 11.7 Å². The van der Waals surface area contributed by atoms with Crippen molar-refractivity contribution in [3.63, 3.8) is 0 Å². The molecule has 6 heteroatoms. The van der Waals surface area contributed by atoms with Crippen molar-refractivity contribution < 1.29 is 9.26 Å². The Kier molecular flexibility index (Phi) is 3.35. The highest BCUT2D eigenvalue weighted by Gasteiger charge is 2.32. The summed E-state index contributed by atoms with van der Waals surface area (Å²) >= 11 is 1.77. The maximum Gasteiger partial charge on any atom is 0.231 e. The molecule has 3 heterocycles. The van der Waals surface area contributed by atoms with Crippen molar-refractivity contribution in [1.82, 2.24) is 15.5 Å². The Hall–Kier alpha value is -1.53. The Bertz CT molecular complexity index is 645. The number of nitrogens with one attached hydrogen (secondary N) is 1. The number of rotatable bonds is 2. The lowest BCUT2D eigenvalue weighted by atomic mass is 9.98. The van der Waals surface area contributed by atoms with Crippen molar-refractivity contribution in [1.29, 1.82) is 0 Å². The van der Waals surface area contributed by atoms with E-state index in [-0.39, 0.29) is 6.10 Å². The first kappa shape index (κ1) is 13.2. The molecule has 0 radical (unpaired) electrons. The maximum atomic E-state index is 6.00. The summed E-state index contributed by atoms with van der Waals surface area (Å²) in [4.78, 5) is 5.76. The van der Waals surface area contributed by atoms with Gasteiger partial charge in [-0.25, -0.2) is 0 Å². The molecule has 0 aliphatic carbocycles. The lowest BCUT2D eigenvalue weighted by Gasteiger charge is -2.22. The summed E-state index contributed by atoms with van der Waals surface area (Å²) in [7, 11) is 0. The average molecular weight is 303 g/mol. The molecule has 0 saturated carbocycles. The van der Waals surface area contributed by atoms with Crippen LogP contribution < -0.4 is 10.1 Å². The predicted molar refractivity (Wildman–Crippen MR) is 79.6 cm³/mol. The number of para-hydroxylation sites is 1. The van der Waals surface area contributed by atoms with E-state index in [1.54, 1.807) is 11.8 Å². The summed E-state index contributed by atoms with van der Waals surface area (Å²) in [6, 6.07) is 8.06. The summed E-state index contributed by atoms with van der Waals surface area (Å²) in [5.41, 5.74) is 0. The van der Waals surface area contributed by atoms with E-state index in [2.05, 4.69) is 28.4 Å².